The second-order valence-corrected chi connectivity index (χ2v) is 9.45. The van der Waals surface area contributed by atoms with Gasteiger partial charge in [0, 0.05) is 23.9 Å². The first kappa shape index (κ1) is 31.0. The van der Waals surface area contributed by atoms with Crippen LogP contribution in [0.25, 0.3) is 6.08 Å². The lowest BCUT2D eigenvalue weighted by Crippen LogP contribution is -2.21. The van der Waals surface area contributed by atoms with Gasteiger partial charge >= 0.3 is 12.1 Å². The second kappa shape index (κ2) is 15.9. The zero-order chi connectivity index (χ0) is 29.5. The normalized spacial score (nSPS) is 11.2. The van der Waals surface area contributed by atoms with Crippen LogP contribution in [0, 0.1) is 11.3 Å². The van der Waals surface area contributed by atoms with Crippen molar-refractivity contribution in [2.45, 2.75) is 51.1 Å². The Morgan fingerprint density at radius 2 is 1.59 bits per heavy atom. The fourth-order valence-corrected chi connectivity index (χ4v) is 3.94. The maximum absolute atomic E-state index is 14.7. The monoisotopic (exact) mass is 563 g/mol. The Balaban J connectivity index is 1.40. The summed E-state index contributed by atoms with van der Waals surface area (Å²) in [5.41, 5.74) is 14.1. The van der Waals surface area contributed by atoms with Crippen LogP contribution in [0.1, 0.15) is 55.2 Å². The molecule has 9 heteroatoms. The molecule has 3 aromatic carbocycles. The standard InChI is InChI=1S/C32H35F2N3O4/c33-32(34,26-12-17-28(18-13-26)39-21-5-3-1-2-4-20-35)41-29-15-8-24(9-16-29)10-19-31(38)40-22-6-7-25-11-14-27(36)23-30(25)37/h8-19,23H,1-7,21-22,36-37H2/b19-10+. The number of nitrogens with zero attached hydrogens (tertiary/aromatic N) is 1. The molecule has 0 saturated carbocycles. The van der Waals surface area contributed by atoms with Gasteiger partial charge in [-0.3, -0.25) is 0 Å². The summed E-state index contributed by atoms with van der Waals surface area (Å²) >= 11 is 0. The first-order valence-electron chi connectivity index (χ1n) is 13.5. The van der Waals surface area contributed by atoms with E-state index in [2.05, 4.69) is 6.07 Å². The molecular formula is C32H35F2N3O4. The van der Waals surface area contributed by atoms with Crippen molar-refractivity contribution >= 4 is 23.4 Å². The number of carbonyl (C=O) groups is 1. The van der Waals surface area contributed by atoms with Gasteiger partial charge in [0.25, 0.3) is 0 Å². The molecule has 0 aromatic heterocycles. The lowest BCUT2D eigenvalue weighted by molar-refractivity contribution is -0.185. The number of hydrogen-bond acceptors (Lipinski definition) is 7. The maximum Gasteiger partial charge on any atom is 0.426 e. The van der Waals surface area contributed by atoms with Crippen LogP contribution in [0.15, 0.2) is 72.8 Å². The number of nitrogen functional groups attached to an aromatic ring is 2. The summed E-state index contributed by atoms with van der Waals surface area (Å²) in [5.74, 6) is -0.0266. The van der Waals surface area contributed by atoms with Crippen molar-refractivity contribution in [1.82, 2.24) is 0 Å². The van der Waals surface area contributed by atoms with E-state index in [1.165, 1.54) is 48.6 Å². The maximum atomic E-state index is 14.7. The number of carbonyl (C=O) groups excluding carboxylic acids is 1. The molecule has 0 fully saturated rings. The topological polar surface area (TPSA) is 121 Å². The molecule has 7 nitrogen and oxygen atoms in total. The fraction of sp³-hybridized carbons (Fsp3) is 0.312. The van der Waals surface area contributed by atoms with Gasteiger partial charge in [-0.25, -0.2) is 4.79 Å². The van der Waals surface area contributed by atoms with Crippen LogP contribution in [-0.2, 0) is 22.1 Å². The van der Waals surface area contributed by atoms with E-state index >= 15 is 0 Å². The molecular weight excluding hydrogens is 528 g/mol. The van der Waals surface area contributed by atoms with Crippen molar-refractivity contribution in [3.63, 3.8) is 0 Å². The molecule has 4 N–H and O–H groups in total. The van der Waals surface area contributed by atoms with E-state index in [1.54, 1.807) is 24.3 Å². The van der Waals surface area contributed by atoms with Crippen LogP contribution in [0.5, 0.6) is 11.5 Å². The minimum atomic E-state index is -3.54. The van der Waals surface area contributed by atoms with Gasteiger partial charge in [-0.15, -0.1) is 0 Å². The number of anilines is 2. The predicted octanol–water partition coefficient (Wildman–Crippen LogP) is 7.02. The highest BCUT2D eigenvalue weighted by Gasteiger charge is 2.34. The minimum absolute atomic E-state index is 0.0200. The summed E-state index contributed by atoms with van der Waals surface area (Å²) in [7, 11) is 0. The van der Waals surface area contributed by atoms with Crippen molar-refractivity contribution in [2.75, 3.05) is 24.7 Å². The van der Waals surface area contributed by atoms with E-state index in [4.69, 9.17) is 30.9 Å². The van der Waals surface area contributed by atoms with E-state index in [0.717, 1.165) is 31.2 Å². The fourth-order valence-electron chi connectivity index (χ4n) is 3.94. The predicted molar refractivity (Wildman–Crippen MR) is 155 cm³/mol. The van der Waals surface area contributed by atoms with E-state index in [9.17, 15) is 13.6 Å². The molecule has 0 heterocycles. The molecule has 0 amide bonds. The molecule has 216 valence electrons. The van der Waals surface area contributed by atoms with Crippen molar-refractivity contribution < 1.29 is 27.8 Å². The number of nitriles is 1. The van der Waals surface area contributed by atoms with Gasteiger partial charge in [0.2, 0.25) is 0 Å². The zero-order valence-electron chi connectivity index (χ0n) is 22.9. The molecule has 41 heavy (non-hydrogen) atoms. The minimum Gasteiger partial charge on any atom is -0.494 e. The number of esters is 1. The molecule has 0 aliphatic rings. The number of ether oxygens (including phenoxy) is 3. The summed E-state index contributed by atoms with van der Waals surface area (Å²) in [4.78, 5) is 12.0. The van der Waals surface area contributed by atoms with Crippen LogP contribution < -0.4 is 20.9 Å². The van der Waals surface area contributed by atoms with E-state index in [-0.39, 0.29) is 17.9 Å². The summed E-state index contributed by atoms with van der Waals surface area (Å²) in [6.45, 7) is 0.712. The largest absolute Gasteiger partial charge is 0.494 e. The highest BCUT2D eigenvalue weighted by Crippen LogP contribution is 2.32. The van der Waals surface area contributed by atoms with Crippen molar-refractivity contribution in [1.29, 1.82) is 5.26 Å². The Bertz CT molecular complexity index is 1320. The number of benzene rings is 3. The Labute approximate surface area is 239 Å². The van der Waals surface area contributed by atoms with Gasteiger partial charge in [0.1, 0.15) is 11.5 Å². The van der Waals surface area contributed by atoms with E-state index in [0.29, 0.717) is 48.6 Å². The molecule has 3 aromatic rings. The molecule has 0 radical (unpaired) electrons. The third-order valence-electron chi connectivity index (χ3n) is 6.18. The number of rotatable bonds is 16. The highest BCUT2D eigenvalue weighted by molar-refractivity contribution is 5.87. The smallest absolute Gasteiger partial charge is 0.426 e. The zero-order valence-corrected chi connectivity index (χ0v) is 22.9. The summed E-state index contributed by atoms with van der Waals surface area (Å²) in [6.07, 6.45) is 4.71. The third kappa shape index (κ3) is 10.8. The Morgan fingerprint density at radius 3 is 2.29 bits per heavy atom. The van der Waals surface area contributed by atoms with Gasteiger partial charge in [-0.1, -0.05) is 31.0 Å². The van der Waals surface area contributed by atoms with Gasteiger partial charge in [0.15, 0.2) is 0 Å². The average molecular weight is 564 g/mol. The molecule has 0 aliphatic carbocycles. The summed E-state index contributed by atoms with van der Waals surface area (Å²) in [6, 6.07) is 18.9. The van der Waals surface area contributed by atoms with Crippen LogP contribution in [0.3, 0.4) is 0 Å². The van der Waals surface area contributed by atoms with Crippen molar-refractivity contribution in [3.05, 3.63) is 89.5 Å². The van der Waals surface area contributed by atoms with Gasteiger partial charge < -0.3 is 25.7 Å². The SMILES string of the molecule is N#CCCCCCCOc1ccc(C(F)(F)Oc2ccc(/C=C/C(=O)OCCCc3ccc(N)cc3N)cc2)cc1. The van der Waals surface area contributed by atoms with E-state index in [1.807, 2.05) is 6.07 Å². The van der Waals surface area contributed by atoms with Crippen molar-refractivity contribution in [3.8, 4) is 17.6 Å². The van der Waals surface area contributed by atoms with Crippen LogP contribution in [0.2, 0.25) is 0 Å². The number of halogens is 2. The number of alkyl halides is 2. The average Bonchev–Trinajstić information content (AvgIpc) is 2.95. The van der Waals surface area contributed by atoms with Crippen LogP contribution in [-0.4, -0.2) is 19.2 Å². The first-order chi connectivity index (χ1) is 19.8. The highest BCUT2D eigenvalue weighted by atomic mass is 19.3. The quantitative estimate of drug-likeness (QED) is 0.0831. The molecule has 0 bridgehead atoms. The van der Waals surface area contributed by atoms with Gasteiger partial charge in [0.05, 0.1) is 24.8 Å². The second-order valence-electron chi connectivity index (χ2n) is 9.45. The lowest BCUT2D eigenvalue weighted by Gasteiger charge is -2.18. The van der Waals surface area contributed by atoms with Crippen LogP contribution >= 0.6 is 0 Å². The number of aryl methyl sites for hydroxylation is 1. The van der Waals surface area contributed by atoms with Crippen LogP contribution in [0.4, 0.5) is 20.2 Å². The summed E-state index contributed by atoms with van der Waals surface area (Å²) in [5, 5.41) is 8.53. The molecule has 0 atom stereocenters. The number of nitrogens with two attached hydrogens (primary N) is 2. The number of hydrogen-bond donors (Lipinski definition) is 2. The van der Waals surface area contributed by atoms with Gasteiger partial charge in [-0.05, 0) is 91.4 Å². The summed E-state index contributed by atoms with van der Waals surface area (Å²) < 4.78 is 45.2. The Morgan fingerprint density at radius 1 is 0.878 bits per heavy atom. The third-order valence-corrected chi connectivity index (χ3v) is 6.18. The number of unbranched alkanes of at least 4 members (excludes halogenated alkanes) is 4. The molecule has 0 spiro atoms. The first-order valence-corrected chi connectivity index (χ1v) is 13.5. The Hall–Kier alpha value is -4.58. The molecule has 0 aliphatic heterocycles. The van der Waals surface area contributed by atoms with Crippen molar-refractivity contribution in [2.24, 2.45) is 0 Å². The van der Waals surface area contributed by atoms with E-state index < -0.39 is 12.1 Å². The molecule has 0 saturated heterocycles. The Kier molecular flexibility index (Phi) is 12.0. The molecule has 3 rings (SSSR count). The molecule has 0 unspecified atom stereocenters. The lowest BCUT2D eigenvalue weighted by atomic mass is 10.1. The van der Waals surface area contributed by atoms with Gasteiger partial charge in [-0.2, -0.15) is 14.0 Å².